The number of halogens is 3. The van der Waals surface area contributed by atoms with Crippen LogP contribution in [0, 0.1) is 6.92 Å². The second kappa shape index (κ2) is 14.7. The van der Waals surface area contributed by atoms with E-state index in [2.05, 4.69) is 61.5 Å². The minimum atomic E-state index is -6.09. The summed E-state index contributed by atoms with van der Waals surface area (Å²) in [4.78, 5) is 16.5. The van der Waals surface area contributed by atoms with Crippen molar-refractivity contribution in [2.45, 2.75) is 27.1 Å². The Morgan fingerprint density at radius 3 is 1.65 bits per heavy atom. The minimum Gasteiger partial charge on any atom is -0.741 e. The summed E-state index contributed by atoms with van der Waals surface area (Å²) >= 11 is 0. The topological polar surface area (TPSA) is 92.7 Å². The third-order valence-corrected chi connectivity index (χ3v) is 9.51. The lowest BCUT2D eigenvalue weighted by atomic mass is 10.0. The molecule has 0 heterocycles. The van der Waals surface area contributed by atoms with Gasteiger partial charge in [0.1, 0.15) is 11.5 Å². The van der Waals surface area contributed by atoms with Gasteiger partial charge in [0.2, 0.25) is 0 Å². The van der Waals surface area contributed by atoms with Crippen LogP contribution in [-0.2, 0) is 21.0 Å². The van der Waals surface area contributed by atoms with E-state index in [9.17, 15) is 18.0 Å². The molecule has 0 amide bonds. The molecule has 0 radical (unpaired) electrons. The van der Waals surface area contributed by atoms with Gasteiger partial charge in [0.25, 0.3) is 0 Å². The number of ketones is 1. The zero-order valence-electron chi connectivity index (χ0n) is 24.9. The molecule has 238 valence electrons. The van der Waals surface area contributed by atoms with Crippen LogP contribution in [0.15, 0.2) is 136 Å². The summed E-state index contributed by atoms with van der Waals surface area (Å²) in [5.74, 6) is 1.60. The molecule has 0 spiro atoms. The number of para-hydroxylation sites is 1. The lowest BCUT2D eigenvalue weighted by Crippen LogP contribution is -2.21. The van der Waals surface area contributed by atoms with E-state index < -0.39 is 26.5 Å². The summed E-state index contributed by atoms with van der Waals surface area (Å²) in [5.41, 5.74) is -1.11. The van der Waals surface area contributed by atoms with E-state index in [0.29, 0.717) is 11.1 Å². The molecule has 0 aromatic heterocycles. The summed E-state index contributed by atoms with van der Waals surface area (Å²) in [5, 5.41) is 0. The molecule has 6 nitrogen and oxygen atoms in total. The van der Waals surface area contributed by atoms with Crippen LogP contribution in [0.5, 0.6) is 11.5 Å². The lowest BCUT2D eigenvalue weighted by Gasteiger charge is -2.15. The molecule has 1 atom stereocenters. The van der Waals surface area contributed by atoms with Gasteiger partial charge in [0.15, 0.2) is 30.6 Å². The molecule has 0 fully saturated rings. The number of hydrogen-bond acceptors (Lipinski definition) is 6. The molecule has 11 heteroatoms. The van der Waals surface area contributed by atoms with Gasteiger partial charge in [-0.3, -0.25) is 4.79 Å². The van der Waals surface area contributed by atoms with Gasteiger partial charge in [-0.05, 0) is 61.5 Å². The average molecular weight is 667 g/mol. The van der Waals surface area contributed by atoms with Gasteiger partial charge >= 0.3 is 5.51 Å². The Morgan fingerprint density at radius 2 is 1.11 bits per heavy atom. The van der Waals surface area contributed by atoms with Crippen molar-refractivity contribution in [2.75, 3.05) is 14.2 Å². The molecule has 0 aliphatic carbocycles. The van der Waals surface area contributed by atoms with E-state index in [1.54, 1.807) is 14.2 Å². The SMILES string of the molecule is COc1ccccc1-c1cc([S+](c2ccc(C)cc2)c2ccc(C(=O)c3ccccc3)cc2)ccc1OC.O=S(=O)([O-])C(F)(F)F. The van der Waals surface area contributed by atoms with Crippen molar-refractivity contribution in [3.63, 3.8) is 0 Å². The van der Waals surface area contributed by atoms with Gasteiger partial charge in [-0.25, -0.2) is 8.42 Å². The molecule has 1 unspecified atom stereocenters. The molecule has 0 bridgehead atoms. The van der Waals surface area contributed by atoms with Crippen molar-refractivity contribution in [3.8, 4) is 22.6 Å². The van der Waals surface area contributed by atoms with Crippen LogP contribution in [0.4, 0.5) is 13.2 Å². The molecule has 5 aromatic carbocycles. The number of ether oxygens (including phenoxy) is 2. The molecule has 46 heavy (non-hydrogen) atoms. The smallest absolute Gasteiger partial charge is 0.485 e. The molecule has 0 saturated carbocycles. The molecule has 5 rings (SSSR count). The van der Waals surface area contributed by atoms with E-state index >= 15 is 0 Å². The van der Waals surface area contributed by atoms with E-state index in [1.807, 2.05) is 66.7 Å². The average Bonchev–Trinajstić information content (AvgIpc) is 3.05. The standard InChI is InChI=1S/C34H29O3S.CHF3O3S/c1-24-13-17-27(18-14-24)38(28-19-15-26(16-20-28)34(35)25-9-5-4-6-10-25)29-21-22-33(37-3)31(23-29)30-11-7-8-12-32(30)36-2;2-1(3,4)8(5,6)7/h4-23H,1-3H3;(H,5,6,7)/q+1;/p-1. The predicted molar refractivity (Wildman–Crippen MR) is 170 cm³/mol. The van der Waals surface area contributed by atoms with E-state index in [-0.39, 0.29) is 5.78 Å². The lowest BCUT2D eigenvalue weighted by molar-refractivity contribution is -0.0517. The van der Waals surface area contributed by atoms with E-state index in [1.165, 1.54) is 10.5 Å². The van der Waals surface area contributed by atoms with Crippen LogP contribution >= 0.6 is 0 Å². The number of benzene rings is 5. The number of methoxy groups -OCH3 is 2. The molecule has 0 aliphatic heterocycles. The van der Waals surface area contributed by atoms with Crippen molar-refractivity contribution in [1.29, 1.82) is 0 Å². The van der Waals surface area contributed by atoms with Crippen LogP contribution < -0.4 is 9.47 Å². The number of carbonyl (C=O) groups excluding carboxylic acids is 1. The van der Waals surface area contributed by atoms with Crippen molar-refractivity contribution in [2.24, 2.45) is 0 Å². The Balaban J connectivity index is 0.000000533. The third kappa shape index (κ3) is 8.16. The summed E-state index contributed by atoms with van der Waals surface area (Å²) in [6.07, 6.45) is 0. The van der Waals surface area contributed by atoms with E-state index in [0.717, 1.165) is 32.4 Å². The Labute approximate surface area is 268 Å². The van der Waals surface area contributed by atoms with Gasteiger partial charge in [-0.2, -0.15) is 13.2 Å². The van der Waals surface area contributed by atoms with Crippen molar-refractivity contribution >= 4 is 26.8 Å². The Hall–Kier alpha value is -4.58. The van der Waals surface area contributed by atoms with Gasteiger partial charge in [-0.15, -0.1) is 0 Å². The first kappa shape index (κ1) is 34.3. The number of carbonyl (C=O) groups is 1. The van der Waals surface area contributed by atoms with Crippen LogP contribution in [0.3, 0.4) is 0 Å². The van der Waals surface area contributed by atoms with Gasteiger partial charge in [0.05, 0.1) is 25.1 Å². The van der Waals surface area contributed by atoms with Crippen molar-refractivity contribution in [1.82, 2.24) is 0 Å². The number of rotatable bonds is 8. The van der Waals surface area contributed by atoms with Crippen LogP contribution in [0.1, 0.15) is 21.5 Å². The van der Waals surface area contributed by atoms with E-state index in [4.69, 9.17) is 22.4 Å². The number of alkyl halides is 3. The van der Waals surface area contributed by atoms with Gasteiger partial charge < -0.3 is 14.0 Å². The fourth-order valence-electron chi connectivity index (χ4n) is 4.47. The summed E-state index contributed by atoms with van der Waals surface area (Å²) in [6, 6.07) is 40.4. The molecule has 0 aliphatic rings. The highest BCUT2D eigenvalue weighted by Gasteiger charge is 2.37. The monoisotopic (exact) mass is 666 g/mol. The van der Waals surface area contributed by atoms with Gasteiger partial charge in [0, 0.05) is 28.3 Å². The second-order valence-corrected chi connectivity index (χ2v) is 13.2. The summed E-state index contributed by atoms with van der Waals surface area (Å²) in [7, 11) is -3.11. The second-order valence-electron chi connectivity index (χ2n) is 9.80. The van der Waals surface area contributed by atoms with Crippen molar-refractivity contribution < 1.29 is 40.4 Å². The fraction of sp³-hybridized carbons (Fsp3) is 0.114. The van der Waals surface area contributed by atoms with Crippen molar-refractivity contribution in [3.05, 3.63) is 138 Å². The maximum Gasteiger partial charge on any atom is 0.485 e. The zero-order valence-corrected chi connectivity index (χ0v) is 26.6. The molecule has 0 N–H and O–H groups in total. The third-order valence-electron chi connectivity index (χ3n) is 6.73. The Morgan fingerprint density at radius 1 is 0.652 bits per heavy atom. The Kier molecular flexibility index (Phi) is 10.9. The quantitative estimate of drug-likeness (QED) is 0.0720. The molecular weight excluding hydrogens is 638 g/mol. The first-order valence-corrected chi connectivity index (χ1v) is 16.3. The summed E-state index contributed by atoms with van der Waals surface area (Å²) in [6.45, 7) is 2.10. The molecular formula is C35H29F3O6S2. The maximum absolute atomic E-state index is 13.0. The number of hydrogen-bond donors (Lipinski definition) is 0. The van der Waals surface area contributed by atoms with Crippen LogP contribution in [-0.4, -0.2) is 38.5 Å². The van der Waals surface area contributed by atoms with Crippen LogP contribution in [0.2, 0.25) is 0 Å². The predicted octanol–water partition coefficient (Wildman–Crippen LogP) is 8.06. The highest BCUT2D eigenvalue weighted by atomic mass is 32.2. The highest BCUT2D eigenvalue weighted by molar-refractivity contribution is 7.97. The fourth-order valence-corrected chi connectivity index (χ4v) is 6.55. The highest BCUT2D eigenvalue weighted by Crippen LogP contribution is 2.40. The number of aryl methyl sites for hydroxylation is 1. The first-order chi connectivity index (χ1) is 21.8. The van der Waals surface area contributed by atoms with Crippen LogP contribution in [0.25, 0.3) is 11.1 Å². The molecule has 5 aromatic rings. The minimum absolute atomic E-state index is 0.0234. The summed E-state index contributed by atoms with van der Waals surface area (Å²) < 4.78 is 70.3. The largest absolute Gasteiger partial charge is 0.741 e. The first-order valence-electron chi connectivity index (χ1n) is 13.7. The molecule has 0 saturated heterocycles. The maximum atomic E-state index is 13.0. The zero-order chi connectivity index (χ0) is 33.5. The Bertz CT molecular complexity index is 1890. The van der Waals surface area contributed by atoms with Gasteiger partial charge in [-0.1, -0.05) is 66.2 Å². The normalized spacial score (nSPS) is 12.0.